The predicted octanol–water partition coefficient (Wildman–Crippen LogP) is 5.20. The molecule has 3 rings (SSSR count). The summed E-state index contributed by atoms with van der Waals surface area (Å²) in [7, 11) is 1.53. The van der Waals surface area contributed by atoms with E-state index in [-0.39, 0.29) is 5.75 Å². The number of nitrogens with zero attached hydrogens (tertiary/aromatic N) is 1. The highest BCUT2D eigenvalue weighted by molar-refractivity contribution is 9.13. The molecule has 20 heavy (non-hydrogen) atoms. The molecule has 0 saturated heterocycles. The van der Waals surface area contributed by atoms with Crippen molar-refractivity contribution in [3.05, 3.63) is 39.3 Å². The van der Waals surface area contributed by atoms with E-state index in [1.165, 1.54) is 18.4 Å². The van der Waals surface area contributed by atoms with Crippen LogP contribution in [0.15, 0.2) is 39.3 Å². The Morgan fingerprint density at radius 2 is 2.00 bits per heavy atom. The second kappa shape index (κ2) is 5.35. The van der Waals surface area contributed by atoms with Crippen molar-refractivity contribution in [1.82, 2.24) is 4.98 Å². The Kier molecular flexibility index (Phi) is 3.70. The number of hydrogen-bond donors (Lipinski definition) is 1. The highest BCUT2D eigenvalue weighted by Gasteiger charge is 2.20. The van der Waals surface area contributed by atoms with Crippen molar-refractivity contribution < 1.29 is 9.84 Å². The summed E-state index contributed by atoms with van der Waals surface area (Å²) in [6.45, 7) is 0. The lowest BCUT2D eigenvalue weighted by Crippen LogP contribution is -1.89. The Labute approximate surface area is 136 Å². The highest BCUT2D eigenvalue weighted by atomic mass is 79.9. The number of ether oxygens (including phenoxy) is 1. The zero-order chi connectivity index (χ0) is 14.3. The normalized spacial score (nSPS) is 10.9. The molecule has 1 aromatic heterocycles. The van der Waals surface area contributed by atoms with Gasteiger partial charge in [0.2, 0.25) is 0 Å². The number of thiazole rings is 1. The number of aromatic hydroxyl groups is 1. The van der Waals surface area contributed by atoms with Crippen LogP contribution in [0.2, 0.25) is 0 Å². The molecule has 0 radical (unpaired) electrons. The summed E-state index contributed by atoms with van der Waals surface area (Å²) in [4.78, 5) is 4.57. The van der Waals surface area contributed by atoms with Gasteiger partial charge < -0.3 is 9.84 Å². The van der Waals surface area contributed by atoms with Crippen LogP contribution >= 0.6 is 43.2 Å². The Balaban J connectivity index is 2.30. The van der Waals surface area contributed by atoms with E-state index in [2.05, 4.69) is 36.8 Å². The number of halogens is 2. The quantitative estimate of drug-likeness (QED) is 0.626. The first-order valence-corrected chi connectivity index (χ1v) is 8.13. The van der Waals surface area contributed by atoms with Gasteiger partial charge in [0.1, 0.15) is 5.01 Å². The van der Waals surface area contributed by atoms with Crippen LogP contribution in [-0.2, 0) is 0 Å². The van der Waals surface area contributed by atoms with Crippen LogP contribution in [0.1, 0.15) is 0 Å². The minimum atomic E-state index is 0.0848. The van der Waals surface area contributed by atoms with Crippen LogP contribution in [0, 0.1) is 0 Å². The minimum Gasteiger partial charge on any atom is -0.504 e. The number of aromatic nitrogens is 1. The predicted molar refractivity (Wildman–Crippen MR) is 88.7 cm³/mol. The summed E-state index contributed by atoms with van der Waals surface area (Å²) < 4.78 is 7.84. The van der Waals surface area contributed by atoms with Crippen molar-refractivity contribution in [2.24, 2.45) is 0 Å². The van der Waals surface area contributed by atoms with E-state index >= 15 is 0 Å². The van der Waals surface area contributed by atoms with Crippen LogP contribution in [0.25, 0.3) is 20.8 Å². The Morgan fingerprint density at radius 1 is 1.25 bits per heavy atom. The van der Waals surface area contributed by atoms with Gasteiger partial charge in [-0.15, -0.1) is 11.3 Å². The highest BCUT2D eigenvalue weighted by Crippen LogP contribution is 2.47. The lowest BCUT2D eigenvalue weighted by molar-refractivity contribution is 0.374. The van der Waals surface area contributed by atoms with E-state index in [9.17, 15) is 5.11 Å². The molecule has 0 aliphatic carbocycles. The lowest BCUT2D eigenvalue weighted by Gasteiger charge is -2.10. The molecule has 102 valence electrons. The van der Waals surface area contributed by atoms with Gasteiger partial charge in [0.15, 0.2) is 11.5 Å². The molecule has 1 N–H and O–H groups in total. The standard InChI is InChI=1S/C14H9Br2NO2S/c1-19-9-6-7(15)12(16)11(13(9)18)14-17-8-4-2-3-5-10(8)20-14/h2-6,18H,1H3. The number of rotatable bonds is 2. The molecule has 6 heteroatoms. The molecular weight excluding hydrogens is 406 g/mol. The SMILES string of the molecule is COc1cc(Br)c(Br)c(-c2nc3ccccc3s2)c1O. The van der Waals surface area contributed by atoms with E-state index in [1.807, 2.05) is 24.3 Å². The number of phenolic OH excluding ortho intramolecular Hbond substituents is 1. The van der Waals surface area contributed by atoms with Gasteiger partial charge in [0, 0.05) is 8.95 Å². The van der Waals surface area contributed by atoms with Gasteiger partial charge in [-0.3, -0.25) is 0 Å². The first kappa shape index (κ1) is 13.9. The van der Waals surface area contributed by atoms with E-state index in [0.29, 0.717) is 11.3 Å². The Morgan fingerprint density at radius 3 is 2.70 bits per heavy atom. The molecule has 0 amide bonds. The molecule has 0 aliphatic rings. The van der Waals surface area contributed by atoms with Gasteiger partial charge in [-0.05, 0) is 50.1 Å². The first-order chi connectivity index (χ1) is 9.61. The van der Waals surface area contributed by atoms with E-state index in [0.717, 1.165) is 24.2 Å². The maximum absolute atomic E-state index is 10.4. The van der Waals surface area contributed by atoms with Crippen LogP contribution < -0.4 is 4.74 Å². The average Bonchev–Trinajstić information content (AvgIpc) is 2.86. The summed E-state index contributed by atoms with van der Waals surface area (Å²) in [6, 6.07) is 9.60. The molecule has 3 nitrogen and oxygen atoms in total. The van der Waals surface area contributed by atoms with Crippen LogP contribution in [0.4, 0.5) is 0 Å². The fourth-order valence-electron chi connectivity index (χ4n) is 1.92. The number of methoxy groups -OCH3 is 1. The second-order valence-corrected chi connectivity index (χ2v) is 6.76. The molecule has 0 unspecified atom stereocenters. The Hall–Kier alpha value is -1.11. The second-order valence-electron chi connectivity index (χ2n) is 4.08. The fourth-order valence-corrected chi connectivity index (χ4v) is 3.97. The zero-order valence-electron chi connectivity index (χ0n) is 10.4. The third-order valence-electron chi connectivity index (χ3n) is 2.88. The molecule has 0 bridgehead atoms. The lowest BCUT2D eigenvalue weighted by atomic mass is 10.2. The van der Waals surface area contributed by atoms with Gasteiger partial charge in [-0.1, -0.05) is 12.1 Å². The minimum absolute atomic E-state index is 0.0848. The number of phenols is 1. The third kappa shape index (κ3) is 2.21. The van der Waals surface area contributed by atoms with Crippen molar-refractivity contribution in [1.29, 1.82) is 0 Å². The monoisotopic (exact) mass is 413 g/mol. The van der Waals surface area contributed by atoms with Crippen molar-refractivity contribution in [3.8, 4) is 22.1 Å². The fraction of sp³-hybridized carbons (Fsp3) is 0.0714. The number of para-hydroxylation sites is 1. The zero-order valence-corrected chi connectivity index (χ0v) is 14.3. The summed E-state index contributed by atoms with van der Waals surface area (Å²) in [5, 5.41) is 11.1. The largest absolute Gasteiger partial charge is 0.504 e. The maximum atomic E-state index is 10.4. The Bertz CT molecular complexity index is 768. The molecule has 0 fully saturated rings. The van der Waals surface area contributed by atoms with E-state index < -0.39 is 0 Å². The molecule has 0 atom stereocenters. The van der Waals surface area contributed by atoms with Crippen molar-refractivity contribution >= 4 is 53.4 Å². The maximum Gasteiger partial charge on any atom is 0.169 e. The van der Waals surface area contributed by atoms with Gasteiger partial charge in [0.05, 0.1) is 22.9 Å². The van der Waals surface area contributed by atoms with Crippen LogP contribution in [0.5, 0.6) is 11.5 Å². The molecular formula is C14H9Br2NO2S. The molecule has 2 aromatic carbocycles. The van der Waals surface area contributed by atoms with E-state index in [4.69, 9.17) is 4.74 Å². The number of hydrogen-bond acceptors (Lipinski definition) is 4. The summed E-state index contributed by atoms with van der Waals surface area (Å²) in [5.41, 5.74) is 1.55. The van der Waals surface area contributed by atoms with Crippen LogP contribution in [-0.4, -0.2) is 17.2 Å². The molecule has 0 saturated carbocycles. The van der Waals surface area contributed by atoms with Gasteiger partial charge >= 0.3 is 0 Å². The third-order valence-corrected chi connectivity index (χ3v) is 5.92. The molecule has 0 spiro atoms. The summed E-state index contributed by atoms with van der Waals surface area (Å²) >= 11 is 8.47. The molecule has 1 heterocycles. The van der Waals surface area contributed by atoms with Crippen molar-refractivity contribution in [2.45, 2.75) is 0 Å². The van der Waals surface area contributed by atoms with Gasteiger partial charge in [-0.2, -0.15) is 0 Å². The van der Waals surface area contributed by atoms with Crippen LogP contribution in [0.3, 0.4) is 0 Å². The van der Waals surface area contributed by atoms with Gasteiger partial charge in [0.25, 0.3) is 0 Å². The van der Waals surface area contributed by atoms with Gasteiger partial charge in [-0.25, -0.2) is 4.98 Å². The molecule has 3 aromatic rings. The summed E-state index contributed by atoms with van der Waals surface area (Å²) in [5.74, 6) is 0.496. The number of fused-ring (bicyclic) bond motifs is 1. The topological polar surface area (TPSA) is 42.4 Å². The van der Waals surface area contributed by atoms with E-state index in [1.54, 1.807) is 6.07 Å². The van der Waals surface area contributed by atoms with Crippen molar-refractivity contribution in [3.63, 3.8) is 0 Å². The average molecular weight is 415 g/mol. The molecule has 0 aliphatic heterocycles. The smallest absolute Gasteiger partial charge is 0.169 e. The summed E-state index contributed by atoms with van der Waals surface area (Å²) in [6.07, 6.45) is 0. The first-order valence-electron chi connectivity index (χ1n) is 5.72. The number of benzene rings is 2. The van der Waals surface area contributed by atoms with Crippen molar-refractivity contribution in [2.75, 3.05) is 7.11 Å².